The highest BCUT2D eigenvalue weighted by Crippen LogP contribution is 2.25. The first-order chi connectivity index (χ1) is 10.6. The molecule has 1 aromatic carbocycles. The van der Waals surface area contributed by atoms with Gasteiger partial charge in [-0.2, -0.15) is 0 Å². The molecule has 0 aliphatic carbocycles. The van der Waals surface area contributed by atoms with Crippen molar-refractivity contribution in [3.63, 3.8) is 0 Å². The molecule has 0 bridgehead atoms. The average molecular weight is 346 g/mol. The summed E-state index contributed by atoms with van der Waals surface area (Å²) in [6.45, 7) is -0.324. The first-order valence-electron chi connectivity index (χ1n) is 6.16. The van der Waals surface area contributed by atoms with Gasteiger partial charge >= 0.3 is 11.9 Å². The first-order valence-corrected chi connectivity index (χ1v) is 7.60. The molecule has 0 atom stereocenters. The van der Waals surface area contributed by atoms with E-state index in [1.165, 1.54) is 0 Å². The molecule has 1 N–H and O–H groups in total. The summed E-state index contributed by atoms with van der Waals surface area (Å²) in [5, 5.41) is 19.4. The van der Waals surface area contributed by atoms with E-state index in [-0.39, 0.29) is 6.54 Å². The number of hydrogen-bond acceptors (Lipinski definition) is 7. The van der Waals surface area contributed by atoms with Gasteiger partial charge in [0, 0.05) is 25.7 Å². The number of esters is 1. The Morgan fingerprint density at radius 1 is 1.39 bits per heavy atom. The highest BCUT2D eigenvalue weighted by atomic mass is 32.2. The van der Waals surface area contributed by atoms with E-state index >= 15 is 0 Å². The normalized spacial score (nSPS) is 11.3. The number of hydrogen-bond donors (Lipinski definition) is 1. The molecule has 0 saturated carbocycles. The Balaban J connectivity index is 3.36. The maximum Gasteiger partial charge on any atom is 0.339 e. The number of ether oxygens (including phenoxy) is 1. The van der Waals surface area contributed by atoms with Gasteiger partial charge in [0.15, 0.2) is 0 Å². The summed E-state index contributed by atoms with van der Waals surface area (Å²) in [7, 11) is -2.07. The van der Waals surface area contributed by atoms with Crippen LogP contribution in [0.2, 0.25) is 0 Å². The predicted molar refractivity (Wildman–Crippen MR) is 76.5 cm³/mol. The van der Waals surface area contributed by atoms with Crippen LogP contribution in [0.1, 0.15) is 16.8 Å². The molecule has 0 fully saturated rings. The molecule has 1 aromatic rings. The molecular weight excluding hydrogens is 332 g/mol. The van der Waals surface area contributed by atoms with E-state index in [9.17, 15) is 28.1 Å². The van der Waals surface area contributed by atoms with E-state index in [0.717, 1.165) is 36.7 Å². The van der Waals surface area contributed by atoms with Gasteiger partial charge in [0.05, 0.1) is 28.9 Å². The molecule has 23 heavy (non-hydrogen) atoms. The monoisotopic (exact) mass is 346 g/mol. The lowest BCUT2D eigenvalue weighted by atomic mass is 10.2. The lowest BCUT2D eigenvalue weighted by molar-refractivity contribution is -0.384. The van der Waals surface area contributed by atoms with Crippen molar-refractivity contribution in [3.05, 3.63) is 33.9 Å². The molecule has 0 heterocycles. The number of nitrogens with zero attached hydrogens (tertiary/aromatic N) is 2. The van der Waals surface area contributed by atoms with Crippen molar-refractivity contribution in [1.29, 1.82) is 0 Å². The summed E-state index contributed by atoms with van der Waals surface area (Å²) in [6, 6.07) is 2.64. The first kappa shape index (κ1) is 18.5. The highest BCUT2D eigenvalue weighted by Gasteiger charge is 2.29. The van der Waals surface area contributed by atoms with Crippen LogP contribution < -0.4 is 0 Å². The predicted octanol–water partition coefficient (Wildman–Crippen LogP) is 0.477. The van der Waals surface area contributed by atoms with Crippen LogP contribution >= 0.6 is 0 Å². The molecule has 0 aliphatic heterocycles. The SMILES string of the molecule is COC(=O)c1cc([N+](=O)[O-])ccc1S(=O)(=O)N(C)CCC(=O)O. The summed E-state index contributed by atoms with van der Waals surface area (Å²) in [6.07, 6.45) is -0.434. The molecule has 0 amide bonds. The Morgan fingerprint density at radius 3 is 2.48 bits per heavy atom. The maximum absolute atomic E-state index is 12.4. The molecule has 0 aliphatic rings. The van der Waals surface area contributed by atoms with Gasteiger partial charge in [-0.05, 0) is 6.07 Å². The van der Waals surface area contributed by atoms with Gasteiger partial charge in [0.2, 0.25) is 10.0 Å². The van der Waals surface area contributed by atoms with E-state index in [1.807, 2.05) is 0 Å². The molecular formula is C12H14N2O8S. The second-order valence-electron chi connectivity index (χ2n) is 4.40. The van der Waals surface area contributed by atoms with Gasteiger partial charge in [0.25, 0.3) is 5.69 Å². The van der Waals surface area contributed by atoms with Crippen LogP contribution in [-0.4, -0.2) is 55.4 Å². The van der Waals surface area contributed by atoms with Crippen molar-refractivity contribution in [2.45, 2.75) is 11.3 Å². The zero-order valence-corrected chi connectivity index (χ0v) is 13.1. The van der Waals surface area contributed by atoms with Crippen LogP contribution in [0.25, 0.3) is 0 Å². The Labute approximate surface area is 131 Å². The van der Waals surface area contributed by atoms with E-state index < -0.39 is 49.5 Å². The summed E-state index contributed by atoms with van der Waals surface area (Å²) in [5.74, 6) is -2.25. The quantitative estimate of drug-likeness (QED) is 0.426. The van der Waals surface area contributed by atoms with Crippen molar-refractivity contribution in [2.24, 2.45) is 0 Å². The van der Waals surface area contributed by atoms with Crippen molar-refractivity contribution < 1.29 is 32.8 Å². The van der Waals surface area contributed by atoms with Crippen LogP contribution in [0.3, 0.4) is 0 Å². The number of rotatable bonds is 7. The fourth-order valence-corrected chi connectivity index (χ4v) is 2.99. The minimum atomic E-state index is -4.22. The van der Waals surface area contributed by atoms with Gasteiger partial charge in [-0.3, -0.25) is 14.9 Å². The topological polar surface area (TPSA) is 144 Å². The number of non-ortho nitro benzene ring substituents is 1. The molecule has 0 spiro atoms. The van der Waals surface area contributed by atoms with Gasteiger partial charge in [-0.1, -0.05) is 0 Å². The van der Waals surface area contributed by atoms with E-state index in [0.29, 0.717) is 0 Å². The van der Waals surface area contributed by atoms with Crippen LogP contribution in [-0.2, 0) is 19.6 Å². The maximum atomic E-state index is 12.4. The molecule has 0 aromatic heterocycles. The number of carboxylic acid groups (broad SMARTS) is 1. The average Bonchev–Trinajstić information content (AvgIpc) is 2.50. The Kier molecular flexibility index (Phi) is 5.76. The highest BCUT2D eigenvalue weighted by molar-refractivity contribution is 7.89. The third-order valence-corrected chi connectivity index (χ3v) is 4.82. The van der Waals surface area contributed by atoms with Crippen molar-refractivity contribution in [3.8, 4) is 0 Å². The molecule has 10 nitrogen and oxygen atoms in total. The van der Waals surface area contributed by atoms with Gasteiger partial charge in [0.1, 0.15) is 0 Å². The van der Waals surface area contributed by atoms with Crippen molar-refractivity contribution >= 4 is 27.6 Å². The number of carboxylic acids is 1. The third-order valence-electron chi connectivity index (χ3n) is 2.91. The number of nitro benzene ring substituents is 1. The zero-order valence-electron chi connectivity index (χ0n) is 12.3. The smallest absolute Gasteiger partial charge is 0.339 e. The second-order valence-corrected chi connectivity index (χ2v) is 6.41. The molecule has 0 saturated heterocycles. The summed E-state index contributed by atoms with van der Waals surface area (Å²) in [4.78, 5) is 31.7. The van der Waals surface area contributed by atoms with Gasteiger partial charge in [-0.15, -0.1) is 0 Å². The lowest BCUT2D eigenvalue weighted by Crippen LogP contribution is -2.30. The number of aliphatic carboxylic acids is 1. The summed E-state index contributed by atoms with van der Waals surface area (Å²) < 4.78 is 30.0. The van der Waals surface area contributed by atoms with Crippen molar-refractivity contribution in [2.75, 3.05) is 20.7 Å². The minimum Gasteiger partial charge on any atom is -0.481 e. The van der Waals surface area contributed by atoms with Crippen LogP contribution in [0.15, 0.2) is 23.1 Å². The molecule has 0 radical (unpaired) electrons. The molecule has 1 rings (SSSR count). The molecule has 11 heteroatoms. The van der Waals surface area contributed by atoms with Gasteiger partial charge < -0.3 is 9.84 Å². The standard InChI is InChI=1S/C12H14N2O8S/c1-13(6-5-11(15)16)23(20,21)10-4-3-8(14(18)19)7-9(10)12(17)22-2/h3-4,7H,5-6H2,1-2H3,(H,15,16). The lowest BCUT2D eigenvalue weighted by Gasteiger charge is -2.17. The fourth-order valence-electron chi connectivity index (χ4n) is 1.67. The number of carbonyl (C=O) groups is 2. The van der Waals surface area contributed by atoms with Crippen LogP contribution in [0.4, 0.5) is 5.69 Å². The number of nitro groups is 1. The Morgan fingerprint density at radius 2 is 2.00 bits per heavy atom. The summed E-state index contributed by atoms with van der Waals surface area (Å²) in [5.41, 5.74) is -0.971. The Bertz CT molecular complexity index is 743. The Hall–Kier alpha value is -2.53. The number of benzene rings is 1. The van der Waals surface area contributed by atoms with Crippen LogP contribution in [0, 0.1) is 10.1 Å². The van der Waals surface area contributed by atoms with E-state index in [4.69, 9.17) is 5.11 Å². The number of sulfonamides is 1. The van der Waals surface area contributed by atoms with Crippen LogP contribution in [0.5, 0.6) is 0 Å². The molecule has 126 valence electrons. The van der Waals surface area contributed by atoms with E-state index in [1.54, 1.807) is 0 Å². The third kappa shape index (κ3) is 4.23. The zero-order chi connectivity index (χ0) is 17.8. The largest absolute Gasteiger partial charge is 0.481 e. The minimum absolute atomic E-state index is 0.324. The summed E-state index contributed by atoms with van der Waals surface area (Å²) >= 11 is 0. The molecule has 0 unspecified atom stereocenters. The number of carbonyl (C=O) groups excluding carboxylic acids is 1. The van der Waals surface area contributed by atoms with Gasteiger partial charge in [-0.25, -0.2) is 17.5 Å². The second kappa shape index (κ2) is 7.15. The van der Waals surface area contributed by atoms with Crippen molar-refractivity contribution in [1.82, 2.24) is 4.31 Å². The number of methoxy groups -OCH3 is 1. The van der Waals surface area contributed by atoms with E-state index in [2.05, 4.69) is 4.74 Å². The fraction of sp³-hybridized carbons (Fsp3) is 0.333.